The Labute approximate surface area is 173 Å². The van der Waals surface area contributed by atoms with E-state index in [4.69, 9.17) is 5.73 Å². The van der Waals surface area contributed by atoms with Gasteiger partial charge in [-0.15, -0.1) is 0 Å². The molecule has 5 rings (SSSR count). The molecule has 150 valence electrons. The molecule has 0 aliphatic carbocycles. The van der Waals surface area contributed by atoms with Crippen molar-refractivity contribution in [3.8, 4) is 11.3 Å². The average molecular weight is 399 g/mol. The fraction of sp³-hybridized carbons (Fsp3) is 0.182. The zero-order chi connectivity index (χ0) is 20.5. The summed E-state index contributed by atoms with van der Waals surface area (Å²) < 4.78 is 1.80. The van der Waals surface area contributed by atoms with E-state index >= 15 is 0 Å². The number of hydrogen-bond donors (Lipinski definition) is 1. The zero-order valence-electron chi connectivity index (χ0n) is 16.3. The third-order valence-electron chi connectivity index (χ3n) is 5.42. The summed E-state index contributed by atoms with van der Waals surface area (Å²) in [6.45, 7) is 3.39. The summed E-state index contributed by atoms with van der Waals surface area (Å²) in [5.41, 5.74) is 8.89. The number of nitrogens with zero attached hydrogens (tertiary/aromatic N) is 6. The van der Waals surface area contributed by atoms with Crippen molar-refractivity contribution in [3.05, 3.63) is 72.6 Å². The molecule has 0 saturated carbocycles. The van der Waals surface area contributed by atoms with Gasteiger partial charge in [0.15, 0.2) is 0 Å². The summed E-state index contributed by atoms with van der Waals surface area (Å²) in [5, 5.41) is 4.38. The number of amides is 1. The van der Waals surface area contributed by atoms with Crippen LogP contribution in [0.1, 0.15) is 10.4 Å². The first-order valence-corrected chi connectivity index (χ1v) is 9.85. The van der Waals surface area contributed by atoms with Crippen molar-refractivity contribution in [1.29, 1.82) is 0 Å². The first-order chi connectivity index (χ1) is 14.7. The fourth-order valence-corrected chi connectivity index (χ4v) is 3.81. The summed E-state index contributed by atoms with van der Waals surface area (Å²) in [5.74, 6) is 1.17. The van der Waals surface area contributed by atoms with E-state index in [1.54, 1.807) is 16.6 Å². The molecule has 4 aromatic rings. The van der Waals surface area contributed by atoms with Crippen LogP contribution in [0.15, 0.2) is 67.0 Å². The van der Waals surface area contributed by atoms with Gasteiger partial charge in [0.1, 0.15) is 12.1 Å². The summed E-state index contributed by atoms with van der Waals surface area (Å²) >= 11 is 0. The Morgan fingerprint density at radius 3 is 2.30 bits per heavy atom. The maximum atomic E-state index is 11.3. The third-order valence-corrected chi connectivity index (χ3v) is 5.42. The van der Waals surface area contributed by atoms with E-state index in [1.807, 2.05) is 42.5 Å². The van der Waals surface area contributed by atoms with E-state index < -0.39 is 5.91 Å². The van der Waals surface area contributed by atoms with Gasteiger partial charge in [0.25, 0.3) is 5.78 Å². The number of primary amides is 1. The van der Waals surface area contributed by atoms with Crippen LogP contribution in [0.5, 0.6) is 0 Å². The number of rotatable bonds is 4. The molecule has 3 heterocycles. The Bertz CT molecular complexity index is 1180. The largest absolute Gasteiger partial charge is 0.368 e. The molecule has 1 fully saturated rings. The van der Waals surface area contributed by atoms with Gasteiger partial charge in [0.2, 0.25) is 5.91 Å². The molecule has 1 saturated heterocycles. The number of benzene rings is 2. The summed E-state index contributed by atoms with van der Waals surface area (Å²) in [7, 11) is 0. The van der Waals surface area contributed by atoms with Gasteiger partial charge in [-0.2, -0.15) is 14.6 Å². The molecule has 30 heavy (non-hydrogen) atoms. The fourth-order valence-electron chi connectivity index (χ4n) is 3.81. The maximum absolute atomic E-state index is 11.3. The molecule has 2 aromatic carbocycles. The van der Waals surface area contributed by atoms with Crippen molar-refractivity contribution in [2.24, 2.45) is 5.73 Å². The van der Waals surface area contributed by atoms with Crippen molar-refractivity contribution < 1.29 is 4.79 Å². The van der Waals surface area contributed by atoms with Crippen LogP contribution in [-0.4, -0.2) is 51.7 Å². The summed E-state index contributed by atoms with van der Waals surface area (Å²) in [6.07, 6.45) is 1.54. The Morgan fingerprint density at radius 1 is 0.900 bits per heavy atom. The van der Waals surface area contributed by atoms with Crippen LogP contribution in [-0.2, 0) is 0 Å². The van der Waals surface area contributed by atoms with Crippen molar-refractivity contribution in [3.63, 3.8) is 0 Å². The summed E-state index contributed by atoms with van der Waals surface area (Å²) in [4.78, 5) is 24.9. The minimum atomic E-state index is -0.407. The number of anilines is 2. The molecule has 0 bridgehead atoms. The lowest BCUT2D eigenvalue weighted by atomic mass is 10.1. The molecular formula is C22H21N7O. The minimum absolute atomic E-state index is 0.407. The Hall–Kier alpha value is -3.94. The molecule has 8 heteroatoms. The second-order valence-corrected chi connectivity index (χ2v) is 7.22. The molecule has 2 N–H and O–H groups in total. The highest BCUT2D eigenvalue weighted by molar-refractivity contribution is 5.93. The lowest BCUT2D eigenvalue weighted by Crippen LogP contribution is -2.47. The second kappa shape index (κ2) is 7.47. The Morgan fingerprint density at radius 2 is 1.60 bits per heavy atom. The number of hydrogen-bond acceptors (Lipinski definition) is 6. The quantitative estimate of drug-likeness (QED) is 0.566. The van der Waals surface area contributed by atoms with Crippen molar-refractivity contribution in [1.82, 2.24) is 19.6 Å². The molecule has 1 aliphatic heterocycles. The predicted octanol–water partition coefficient (Wildman–Crippen LogP) is 2.22. The van der Waals surface area contributed by atoms with E-state index in [-0.39, 0.29) is 0 Å². The molecular weight excluding hydrogens is 378 g/mol. The lowest BCUT2D eigenvalue weighted by molar-refractivity contribution is 0.100. The van der Waals surface area contributed by atoms with Crippen LogP contribution in [0.2, 0.25) is 0 Å². The molecule has 1 amide bonds. The van der Waals surface area contributed by atoms with E-state index in [1.165, 1.54) is 6.33 Å². The van der Waals surface area contributed by atoms with Crippen molar-refractivity contribution in [2.75, 3.05) is 36.0 Å². The molecule has 0 spiro atoms. The molecule has 2 aromatic heterocycles. The smallest absolute Gasteiger partial charge is 0.254 e. The minimum Gasteiger partial charge on any atom is -0.368 e. The van der Waals surface area contributed by atoms with E-state index in [0.29, 0.717) is 11.3 Å². The Kier molecular flexibility index (Phi) is 4.51. The van der Waals surface area contributed by atoms with Gasteiger partial charge < -0.3 is 15.5 Å². The van der Waals surface area contributed by atoms with Gasteiger partial charge in [-0.1, -0.05) is 30.3 Å². The van der Waals surface area contributed by atoms with E-state index in [2.05, 4.69) is 30.9 Å². The average Bonchev–Trinajstić information content (AvgIpc) is 3.28. The SMILES string of the molecule is NC(=O)c1ccc(N2CCN(c3cc(-c4ccccc4)nc4ncnn34)CC2)cc1. The van der Waals surface area contributed by atoms with Crippen LogP contribution in [0.4, 0.5) is 11.5 Å². The highest BCUT2D eigenvalue weighted by atomic mass is 16.1. The summed E-state index contributed by atoms with van der Waals surface area (Å²) in [6, 6.07) is 19.6. The number of aromatic nitrogens is 4. The van der Waals surface area contributed by atoms with Gasteiger partial charge in [-0.05, 0) is 24.3 Å². The van der Waals surface area contributed by atoms with E-state index in [0.717, 1.165) is 48.9 Å². The molecule has 0 radical (unpaired) electrons. The van der Waals surface area contributed by atoms with Crippen molar-refractivity contribution in [2.45, 2.75) is 0 Å². The van der Waals surface area contributed by atoms with Gasteiger partial charge in [0, 0.05) is 49.1 Å². The second-order valence-electron chi connectivity index (χ2n) is 7.22. The van der Waals surface area contributed by atoms with Gasteiger partial charge in [-0.25, -0.2) is 4.98 Å². The van der Waals surface area contributed by atoms with Gasteiger partial charge in [-0.3, -0.25) is 4.79 Å². The number of carbonyl (C=O) groups excluding carboxylic acids is 1. The van der Waals surface area contributed by atoms with Crippen LogP contribution < -0.4 is 15.5 Å². The van der Waals surface area contributed by atoms with Crippen LogP contribution in [0.25, 0.3) is 17.0 Å². The van der Waals surface area contributed by atoms with Crippen LogP contribution >= 0.6 is 0 Å². The highest BCUT2D eigenvalue weighted by Crippen LogP contribution is 2.25. The molecule has 8 nitrogen and oxygen atoms in total. The molecule has 1 aliphatic rings. The van der Waals surface area contributed by atoms with Gasteiger partial charge in [0.05, 0.1) is 5.69 Å². The maximum Gasteiger partial charge on any atom is 0.254 e. The number of piperazine rings is 1. The van der Waals surface area contributed by atoms with Gasteiger partial charge >= 0.3 is 0 Å². The zero-order valence-corrected chi connectivity index (χ0v) is 16.3. The van der Waals surface area contributed by atoms with Crippen LogP contribution in [0.3, 0.4) is 0 Å². The third kappa shape index (κ3) is 3.32. The normalized spacial score (nSPS) is 14.3. The van der Waals surface area contributed by atoms with E-state index in [9.17, 15) is 4.79 Å². The van der Waals surface area contributed by atoms with Crippen molar-refractivity contribution >= 4 is 23.2 Å². The monoisotopic (exact) mass is 399 g/mol. The standard InChI is InChI=1S/C22H21N7O/c23-21(30)17-6-8-18(9-7-17)27-10-12-28(13-11-27)20-14-19(16-4-2-1-3-5-16)26-22-24-15-25-29(20)22/h1-9,14-15H,10-13H2,(H2,23,30). The number of nitrogens with two attached hydrogens (primary N) is 1. The Balaban J connectivity index is 1.39. The lowest BCUT2D eigenvalue weighted by Gasteiger charge is -2.37. The first kappa shape index (κ1) is 18.1. The van der Waals surface area contributed by atoms with Crippen LogP contribution in [0, 0.1) is 0 Å². The molecule has 0 unspecified atom stereocenters. The highest BCUT2D eigenvalue weighted by Gasteiger charge is 2.21. The first-order valence-electron chi connectivity index (χ1n) is 9.85. The number of fused-ring (bicyclic) bond motifs is 1. The topological polar surface area (TPSA) is 92.7 Å². The number of carbonyl (C=O) groups is 1. The molecule has 0 atom stereocenters. The predicted molar refractivity (Wildman–Crippen MR) is 116 cm³/mol.